The Morgan fingerprint density at radius 1 is 1.28 bits per heavy atom. The van der Waals surface area contributed by atoms with Gasteiger partial charge in [-0.1, -0.05) is 36.8 Å². The molecule has 1 aromatic rings. The van der Waals surface area contributed by atoms with Gasteiger partial charge in [-0.25, -0.2) is 0 Å². The van der Waals surface area contributed by atoms with Gasteiger partial charge in [0.05, 0.1) is 12.5 Å². The van der Waals surface area contributed by atoms with Crippen molar-refractivity contribution in [3.63, 3.8) is 0 Å². The van der Waals surface area contributed by atoms with Gasteiger partial charge in [0.1, 0.15) is 0 Å². The third kappa shape index (κ3) is 3.09. The van der Waals surface area contributed by atoms with Gasteiger partial charge in [0.25, 0.3) is 0 Å². The Hall–Kier alpha value is -1.84. The molecule has 0 bridgehead atoms. The summed E-state index contributed by atoms with van der Waals surface area (Å²) in [6.45, 7) is 0. The molecule has 0 radical (unpaired) electrons. The SMILES string of the molecule is O=C(O)CC(NC(=O)C1CCC1)c1ccccc1. The third-order valence-electron chi connectivity index (χ3n) is 3.37. The van der Waals surface area contributed by atoms with Crippen LogP contribution in [0.5, 0.6) is 0 Å². The van der Waals surface area contributed by atoms with E-state index in [1.54, 1.807) is 0 Å². The van der Waals surface area contributed by atoms with Crippen LogP contribution in [0.1, 0.15) is 37.3 Å². The van der Waals surface area contributed by atoms with Crippen LogP contribution in [-0.2, 0) is 9.59 Å². The fourth-order valence-corrected chi connectivity index (χ4v) is 2.07. The number of carbonyl (C=O) groups excluding carboxylic acids is 1. The van der Waals surface area contributed by atoms with E-state index in [9.17, 15) is 9.59 Å². The number of rotatable bonds is 5. The molecule has 18 heavy (non-hydrogen) atoms. The van der Waals surface area contributed by atoms with Gasteiger partial charge < -0.3 is 10.4 Å². The molecule has 1 fully saturated rings. The molecule has 1 atom stereocenters. The number of carbonyl (C=O) groups is 2. The molecule has 0 saturated heterocycles. The summed E-state index contributed by atoms with van der Waals surface area (Å²) in [5, 5.41) is 11.8. The molecule has 1 unspecified atom stereocenters. The molecule has 1 aliphatic carbocycles. The predicted octanol–water partition coefficient (Wildman–Crippen LogP) is 2.12. The van der Waals surface area contributed by atoms with Crippen molar-refractivity contribution >= 4 is 11.9 Å². The van der Waals surface area contributed by atoms with Crippen LogP contribution in [0.2, 0.25) is 0 Å². The van der Waals surface area contributed by atoms with Gasteiger partial charge in [-0.2, -0.15) is 0 Å². The molecule has 0 aromatic heterocycles. The maximum atomic E-state index is 11.9. The average molecular weight is 247 g/mol. The van der Waals surface area contributed by atoms with Crippen LogP contribution in [0.15, 0.2) is 30.3 Å². The summed E-state index contributed by atoms with van der Waals surface area (Å²) < 4.78 is 0. The highest BCUT2D eigenvalue weighted by Crippen LogP contribution is 2.27. The molecule has 1 saturated carbocycles. The number of carboxylic acid groups (broad SMARTS) is 1. The molecule has 2 rings (SSSR count). The van der Waals surface area contributed by atoms with E-state index in [1.165, 1.54) is 0 Å². The van der Waals surface area contributed by atoms with Crippen LogP contribution in [0.25, 0.3) is 0 Å². The quantitative estimate of drug-likeness (QED) is 0.837. The van der Waals surface area contributed by atoms with Gasteiger partial charge in [0.15, 0.2) is 0 Å². The second kappa shape index (κ2) is 5.67. The van der Waals surface area contributed by atoms with Crippen molar-refractivity contribution in [2.24, 2.45) is 5.92 Å². The zero-order valence-electron chi connectivity index (χ0n) is 10.1. The molecule has 2 N–H and O–H groups in total. The fourth-order valence-electron chi connectivity index (χ4n) is 2.07. The van der Waals surface area contributed by atoms with Crippen LogP contribution < -0.4 is 5.32 Å². The van der Waals surface area contributed by atoms with Crippen molar-refractivity contribution in [2.75, 3.05) is 0 Å². The Labute approximate surface area is 106 Å². The topological polar surface area (TPSA) is 66.4 Å². The molecule has 96 valence electrons. The standard InChI is InChI=1S/C14H17NO3/c16-13(17)9-12(10-5-2-1-3-6-10)15-14(18)11-7-4-8-11/h1-3,5-6,11-12H,4,7-9H2,(H,15,18)(H,16,17). The smallest absolute Gasteiger partial charge is 0.305 e. The Morgan fingerprint density at radius 3 is 2.44 bits per heavy atom. The number of aliphatic carboxylic acids is 1. The Bertz CT molecular complexity index is 426. The van der Waals surface area contributed by atoms with E-state index in [0.29, 0.717) is 0 Å². The summed E-state index contributed by atoms with van der Waals surface area (Å²) in [6.07, 6.45) is 2.84. The van der Waals surface area contributed by atoms with Crippen LogP contribution in [-0.4, -0.2) is 17.0 Å². The van der Waals surface area contributed by atoms with Crippen molar-refractivity contribution in [1.82, 2.24) is 5.32 Å². The molecular weight excluding hydrogens is 230 g/mol. The third-order valence-corrected chi connectivity index (χ3v) is 3.37. The first kappa shape index (κ1) is 12.6. The Balaban J connectivity index is 2.05. The van der Waals surface area contributed by atoms with Crippen LogP contribution >= 0.6 is 0 Å². The van der Waals surface area contributed by atoms with Crippen molar-refractivity contribution in [2.45, 2.75) is 31.7 Å². The number of hydrogen-bond donors (Lipinski definition) is 2. The zero-order chi connectivity index (χ0) is 13.0. The number of benzene rings is 1. The second-order valence-electron chi connectivity index (χ2n) is 4.70. The van der Waals surface area contributed by atoms with E-state index < -0.39 is 12.0 Å². The molecule has 0 heterocycles. The molecular formula is C14H17NO3. The van der Waals surface area contributed by atoms with Gasteiger partial charge >= 0.3 is 5.97 Å². The van der Waals surface area contributed by atoms with Gasteiger partial charge in [-0.3, -0.25) is 9.59 Å². The molecule has 1 aromatic carbocycles. The molecule has 1 aliphatic rings. The molecule has 1 amide bonds. The summed E-state index contributed by atoms with van der Waals surface area (Å²) >= 11 is 0. The maximum absolute atomic E-state index is 11.9. The minimum Gasteiger partial charge on any atom is -0.481 e. The Morgan fingerprint density at radius 2 is 1.94 bits per heavy atom. The van der Waals surface area contributed by atoms with Gasteiger partial charge in [0.2, 0.25) is 5.91 Å². The average Bonchev–Trinajstić information content (AvgIpc) is 2.26. The summed E-state index contributed by atoms with van der Waals surface area (Å²) in [6, 6.07) is 8.81. The lowest BCUT2D eigenvalue weighted by Crippen LogP contribution is -2.37. The largest absolute Gasteiger partial charge is 0.481 e. The molecule has 0 aliphatic heterocycles. The second-order valence-corrected chi connectivity index (χ2v) is 4.70. The van der Waals surface area contributed by atoms with Crippen molar-refractivity contribution < 1.29 is 14.7 Å². The summed E-state index contributed by atoms with van der Waals surface area (Å²) in [5.41, 5.74) is 0.840. The minimum atomic E-state index is -0.905. The number of amides is 1. The highest BCUT2D eigenvalue weighted by molar-refractivity contribution is 5.80. The van der Waals surface area contributed by atoms with Crippen LogP contribution in [0.3, 0.4) is 0 Å². The van der Waals surface area contributed by atoms with Crippen molar-refractivity contribution in [3.8, 4) is 0 Å². The normalized spacial score (nSPS) is 16.7. The molecule has 4 heteroatoms. The van der Waals surface area contributed by atoms with Crippen LogP contribution in [0.4, 0.5) is 0 Å². The first-order valence-corrected chi connectivity index (χ1v) is 6.24. The monoisotopic (exact) mass is 247 g/mol. The summed E-state index contributed by atoms with van der Waals surface area (Å²) in [7, 11) is 0. The summed E-state index contributed by atoms with van der Waals surface area (Å²) in [5.74, 6) is -0.848. The lowest BCUT2D eigenvalue weighted by molar-refractivity contribution is -0.138. The molecule has 4 nitrogen and oxygen atoms in total. The minimum absolute atomic E-state index is 0.0173. The van der Waals surface area contributed by atoms with Crippen LogP contribution in [0, 0.1) is 5.92 Å². The highest BCUT2D eigenvalue weighted by atomic mass is 16.4. The van der Waals surface area contributed by atoms with Gasteiger partial charge in [-0.05, 0) is 18.4 Å². The first-order valence-electron chi connectivity index (χ1n) is 6.24. The van der Waals surface area contributed by atoms with E-state index in [1.807, 2.05) is 30.3 Å². The van der Waals surface area contributed by atoms with E-state index in [-0.39, 0.29) is 18.2 Å². The molecule has 0 spiro atoms. The maximum Gasteiger partial charge on any atom is 0.305 e. The first-order chi connectivity index (χ1) is 8.66. The lowest BCUT2D eigenvalue weighted by Gasteiger charge is -2.27. The summed E-state index contributed by atoms with van der Waals surface area (Å²) in [4.78, 5) is 22.8. The van der Waals surface area contributed by atoms with E-state index in [4.69, 9.17) is 5.11 Å². The zero-order valence-corrected chi connectivity index (χ0v) is 10.1. The number of nitrogens with one attached hydrogen (secondary N) is 1. The van der Waals surface area contributed by atoms with Crippen molar-refractivity contribution in [1.29, 1.82) is 0 Å². The van der Waals surface area contributed by atoms with Gasteiger partial charge in [-0.15, -0.1) is 0 Å². The highest BCUT2D eigenvalue weighted by Gasteiger charge is 2.27. The predicted molar refractivity (Wildman–Crippen MR) is 66.9 cm³/mol. The fraction of sp³-hybridized carbons (Fsp3) is 0.429. The Kier molecular flexibility index (Phi) is 3.97. The lowest BCUT2D eigenvalue weighted by atomic mass is 9.84. The van der Waals surface area contributed by atoms with E-state index >= 15 is 0 Å². The number of hydrogen-bond acceptors (Lipinski definition) is 2. The number of carboxylic acids is 1. The van der Waals surface area contributed by atoms with Gasteiger partial charge in [0, 0.05) is 5.92 Å². The van der Waals surface area contributed by atoms with E-state index in [2.05, 4.69) is 5.32 Å². The van der Waals surface area contributed by atoms with E-state index in [0.717, 1.165) is 24.8 Å². The van der Waals surface area contributed by atoms with Crippen molar-refractivity contribution in [3.05, 3.63) is 35.9 Å².